The second-order valence-electron chi connectivity index (χ2n) is 11.0. The molecule has 0 radical (unpaired) electrons. The lowest BCUT2D eigenvalue weighted by Gasteiger charge is -2.31. The first-order valence-electron chi connectivity index (χ1n) is 15.1. The minimum Gasteiger partial charge on any atom is -0.484 e. The van der Waals surface area contributed by atoms with Gasteiger partial charge in [0.2, 0.25) is 15.9 Å². The highest BCUT2D eigenvalue weighted by molar-refractivity contribution is 7.89. The van der Waals surface area contributed by atoms with Gasteiger partial charge in [0.1, 0.15) is 17.6 Å². The molecule has 2 amide bonds. The zero-order valence-corrected chi connectivity index (χ0v) is 25.8. The maximum Gasteiger partial charge on any atom is 0.261 e. The summed E-state index contributed by atoms with van der Waals surface area (Å²) in [7, 11) is -3.68. The van der Waals surface area contributed by atoms with E-state index < -0.39 is 34.4 Å². The van der Waals surface area contributed by atoms with E-state index in [1.165, 1.54) is 45.6 Å². The monoisotopic (exact) mass is 639 g/mol. The van der Waals surface area contributed by atoms with E-state index in [0.717, 1.165) is 18.4 Å². The van der Waals surface area contributed by atoms with Gasteiger partial charge in [0, 0.05) is 39.2 Å². The van der Waals surface area contributed by atoms with Crippen LogP contribution in [-0.4, -0.2) is 87.6 Å². The largest absolute Gasteiger partial charge is 0.484 e. The zero-order chi connectivity index (χ0) is 31.6. The fourth-order valence-electron chi connectivity index (χ4n) is 5.35. The number of hydrogen-bond acceptors (Lipinski definition) is 7. The van der Waals surface area contributed by atoms with Crippen molar-refractivity contribution in [2.24, 2.45) is 0 Å². The molecule has 240 valence electrons. The van der Waals surface area contributed by atoms with Gasteiger partial charge in [-0.1, -0.05) is 42.5 Å². The minimum absolute atomic E-state index is 0.0457. The Balaban J connectivity index is 1.33. The van der Waals surface area contributed by atoms with Crippen molar-refractivity contribution in [1.29, 1.82) is 0 Å². The highest BCUT2D eigenvalue weighted by Gasteiger charge is 2.32. The summed E-state index contributed by atoms with van der Waals surface area (Å²) in [6.45, 7) is 1.88. The number of ether oxygens (including phenoxy) is 3. The lowest BCUT2D eigenvalue weighted by Crippen LogP contribution is -2.52. The predicted octanol–water partition coefficient (Wildman–Crippen LogP) is 3.16. The lowest BCUT2D eigenvalue weighted by atomic mass is 10.0. The quantitative estimate of drug-likeness (QED) is 0.306. The number of nitrogens with zero attached hydrogens (tertiary/aromatic N) is 2. The molecule has 10 nitrogen and oxygen atoms in total. The Labute approximate surface area is 263 Å². The van der Waals surface area contributed by atoms with E-state index in [1.807, 2.05) is 30.3 Å². The fraction of sp³-hybridized carbons (Fsp3) is 0.394. The molecule has 3 aromatic rings. The first kappa shape index (κ1) is 32.6. The normalized spacial score (nSPS) is 17.8. The number of amides is 2. The molecule has 3 aromatic carbocycles. The second-order valence-corrected chi connectivity index (χ2v) is 12.9. The fourth-order valence-corrected chi connectivity index (χ4v) is 6.76. The number of hydrogen-bond donors (Lipinski definition) is 1. The molecule has 0 unspecified atom stereocenters. The van der Waals surface area contributed by atoms with Gasteiger partial charge in [-0.15, -0.1) is 0 Å². The molecule has 45 heavy (non-hydrogen) atoms. The maximum absolute atomic E-state index is 13.8. The minimum atomic E-state index is -3.68. The Morgan fingerprint density at radius 2 is 1.67 bits per heavy atom. The highest BCUT2D eigenvalue weighted by Crippen LogP contribution is 2.22. The third-order valence-electron chi connectivity index (χ3n) is 7.86. The summed E-state index contributed by atoms with van der Waals surface area (Å²) < 4.78 is 57.8. The van der Waals surface area contributed by atoms with Crippen LogP contribution in [0.2, 0.25) is 0 Å². The molecule has 5 rings (SSSR count). The van der Waals surface area contributed by atoms with Crippen molar-refractivity contribution < 1.29 is 36.6 Å². The van der Waals surface area contributed by atoms with Crippen LogP contribution in [0.5, 0.6) is 5.75 Å². The molecule has 0 aliphatic carbocycles. The molecular formula is C33H38FN3O7S. The van der Waals surface area contributed by atoms with Crippen LogP contribution >= 0.6 is 0 Å². The van der Waals surface area contributed by atoms with E-state index >= 15 is 0 Å². The Morgan fingerprint density at radius 3 is 2.33 bits per heavy atom. The molecule has 2 heterocycles. The van der Waals surface area contributed by atoms with E-state index in [4.69, 9.17) is 14.2 Å². The van der Waals surface area contributed by atoms with Crippen molar-refractivity contribution in [1.82, 2.24) is 14.5 Å². The average Bonchev–Trinajstić information content (AvgIpc) is 3.60. The highest BCUT2D eigenvalue weighted by atomic mass is 32.2. The zero-order valence-electron chi connectivity index (χ0n) is 25.0. The summed E-state index contributed by atoms with van der Waals surface area (Å²) in [6, 6.07) is 20.2. The van der Waals surface area contributed by atoms with E-state index in [-0.39, 0.29) is 43.0 Å². The van der Waals surface area contributed by atoms with Gasteiger partial charge in [-0.2, -0.15) is 4.31 Å². The third-order valence-corrected chi connectivity index (χ3v) is 9.77. The molecule has 2 saturated heterocycles. The molecule has 2 fully saturated rings. The Kier molecular flexibility index (Phi) is 11.2. The van der Waals surface area contributed by atoms with Crippen molar-refractivity contribution in [3.63, 3.8) is 0 Å². The molecule has 1 N–H and O–H groups in total. The van der Waals surface area contributed by atoms with Crippen LogP contribution in [-0.2, 0) is 42.1 Å². The first-order valence-corrected chi connectivity index (χ1v) is 16.5. The van der Waals surface area contributed by atoms with Crippen LogP contribution < -0.4 is 10.1 Å². The predicted molar refractivity (Wildman–Crippen MR) is 164 cm³/mol. The second kappa shape index (κ2) is 15.4. The van der Waals surface area contributed by atoms with Crippen LogP contribution in [0.15, 0.2) is 83.8 Å². The van der Waals surface area contributed by atoms with Crippen LogP contribution in [0.4, 0.5) is 4.39 Å². The number of halogens is 1. The van der Waals surface area contributed by atoms with Crippen LogP contribution in [0.25, 0.3) is 0 Å². The van der Waals surface area contributed by atoms with Gasteiger partial charge in [-0.25, -0.2) is 12.8 Å². The number of rotatable bonds is 13. The van der Waals surface area contributed by atoms with Gasteiger partial charge in [-0.3, -0.25) is 9.59 Å². The summed E-state index contributed by atoms with van der Waals surface area (Å²) in [5, 5.41) is 2.97. The number of carbonyl (C=O) groups excluding carboxylic acids is 2. The molecule has 0 spiro atoms. The van der Waals surface area contributed by atoms with Gasteiger partial charge < -0.3 is 24.4 Å². The molecule has 2 atom stereocenters. The third kappa shape index (κ3) is 8.88. The van der Waals surface area contributed by atoms with Gasteiger partial charge in [-0.05, 0) is 60.4 Å². The Bertz CT molecular complexity index is 1510. The molecule has 12 heteroatoms. The lowest BCUT2D eigenvalue weighted by molar-refractivity contribution is -0.143. The molecule has 2 aliphatic rings. The average molecular weight is 640 g/mol. The van der Waals surface area contributed by atoms with Gasteiger partial charge >= 0.3 is 0 Å². The van der Waals surface area contributed by atoms with E-state index in [1.54, 1.807) is 12.1 Å². The molecule has 0 aromatic heterocycles. The SMILES string of the molecule is O=C(NC[C@@H]1CCCO1)[C@@H](Cc1ccccc1)N(Cc1ccc(F)cc1)C(=O)COc1ccc(S(=O)(=O)N2CCOCC2)cc1. The number of morpholine rings is 1. The Morgan fingerprint density at radius 1 is 0.956 bits per heavy atom. The van der Waals surface area contributed by atoms with E-state index in [9.17, 15) is 22.4 Å². The van der Waals surface area contributed by atoms with Crippen molar-refractivity contribution in [2.45, 2.75) is 42.8 Å². The molecular weight excluding hydrogens is 601 g/mol. The van der Waals surface area contributed by atoms with Gasteiger partial charge in [0.05, 0.1) is 24.2 Å². The number of benzene rings is 3. The Hall–Kier alpha value is -3.84. The van der Waals surface area contributed by atoms with Crippen molar-refractivity contribution in [3.8, 4) is 5.75 Å². The van der Waals surface area contributed by atoms with Gasteiger partial charge in [0.15, 0.2) is 6.61 Å². The van der Waals surface area contributed by atoms with Crippen LogP contribution in [0.1, 0.15) is 24.0 Å². The van der Waals surface area contributed by atoms with E-state index in [0.29, 0.717) is 37.7 Å². The number of nitrogens with one attached hydrogen (secondary N) is 1. The number of sulfonamides is 1. The standard InChI is InChI=1S/C33H38FN3O7S/c34-27-10-8-26(9-11-27)23-37(31(21-25-5-2-1-3-6-25)33(39)35-22-29-7-4-18-43-29)32(38)24-44-28-12-14-30(15-13-28)45(40,41)36-16-19-42-20-17-36/h1-3,5-6,8-15,29,31H,4,7,16-24H2,(H,35,39)/t29-,31+/m0/s1. The van der Waals surface area contributed by atoms with Crippen LogP contribution in [0.3, 0.4) is 0 Å². The smallest absolute Gasteiger partial charge is 0.261 e. The molecule has 2 aliphatic heterocycles. The van der Waals surface area contributed by atoms with E-state index in [2.05, 4.69) is 5.32 Å². The summed E-state index contributed by atoms with van der Waals surface area (Å²) in [5.41, 5.74) is 1.51. The molecule has 0 bridgehead atoms. The van der Waals surface area contributed by atoms with Crippen molar-refractivity contribution in [2.75, 3.05) is 46.1 Å². The van der Waals surface area contributed by atoms with Crippen molar-refractivity contribution >= 4 is 21.8 Å². The summed E-state index contributed by atoms with van der Waals surface area (Å²) >= 11 is 0. The topological polar surface area (TPSA) is 114 Å². The maximum atomic E-state index is 13.8. The summed E-state index contributed by atoms with van der Waals surface area (Å²) in [4.78, 5) is 29.1. The van der Waals surface area contributed by atoms with Crippen LogP contribution in [0, 0.1) is 5.82 Å². The van der Waals surface area contributed by atoms with Gasteiger partial charge in [0.25, 0.3) is 5.91 Å². The van der Waals surface area contributed by atoms with Crippen molar-refractivity contribution in [3.05, 3.63) is 95.8 Å². The summed E-state index contributed by atoms with van der Waals surface area (Å²) in [5.74, 6) is -0.900. The molecule has 0 saturated carbocycles. The summed E-state index contributed by atoms with van der Waals surface area (Å²) in [6.07, 6.45) is 1.95. The number of carbonyl (C=O) groups is 2. The first-order chi connectivity index (χ1) is 21.8.